The van der Waals surface area contributed by atoms with E-state index in [9.17, 15) is 5.11 Å². The van der Waals surface area contributed by atoms with Crippen molar-refractivity contribution in [3.05, 3.63) is 34.9 Å². The number of rotatable bonds is 2. The zero-order valence-electron chi connectivity index (χ0n) is 11.2. The minimum atomic E-state index is -0.609. The molecule has 1 fully saturated rings. The summed E-state index contributed by atoms with van der Waals surface area (Å²) in [4.78, 5) is 2.40. The topological polar surface area (TPSA) is 23.5 Å². The van der Waals surface area contributed by atoms with Crippen LogP contribution < -0.4 is 0 Å². The van der Waals surface area contributed by atoms with Gasteiger partial charge in [0.25, 0.3) is 0 Å². The van der Waals surface area contributed by atoms with E-state index in [1.54, 1.807) is 0 Å². The third-order valence-corrected chi connectivity index (χ3v) is 4.24. The van der Waals surface area contributed by atoms with Gasteiger partial charge in [0.15, 0.2) is 0 Å². The van der Waals surface area contributed by atoms with Gasteiger partial charge in [-0.2, -0.15) is 0 Å². The lowest BCUT2D eigenvalue weighted by atomic mass is 9.81. The Morgan fingerprint density at radius 3 is 2.47 bits per heavy atom. The molecule has 0 aromatic heterocycles. The molecule has 0 radical (unpaired) electrons. The van der Waals surface area contributed by atoms with Crippen molar-refractivity contribution in [2.45, 2.75) is 39.2 Å². The van der Waals surface area contributed by atoms with Crippen LogP contribution in [0.4, 0.5) is 0 Å². The summed E-state index contributed by atoms with van der Waals surface area (Å²) < 4.78 is 0. The normalized spacial score (nSPS) is 20.5. The number of aryl methyl sites for hydroxylation is 1. The van der Waals surface area contributed by atoms with Crippen LogP contribution in [0.2, 0.25) is 0 Å². The fourth-order valence-electron chi connectivity index (χ4n) is 2.76. The van der Waals surface area contributed by atoms with Gasteiger partial charge in [0.2, 0.25) is 0 Å². The Hall–Kier alpha value is -0.860. The van der Waals surface area contributed by atoms with Gasteiger partial charge in [-0.15, -0.1) is 0 Å². The zero-order valence-corrected chi connectivity index (χ0v) is 11.2. The summed E-state index contributed by atoms with van der Waals surface area (Å²) in [5, 5.41) is 10.8. The second-order valence-electron chi connectivity index (χ2n) is 5.21. The Kier molecular flexibility index (Phi) is 3.55. The van der Waals surface area contributed by atoms with Crippen molar-refractivity contribution < 1.29 is 5.11 Å². The van der Waals surface area contributed by atoms with Crippen molar-refractivity contribution in [2.75, 3.05) is 19.6 Å². The lowest BCUT2D eigenvalue weighted by molar-refractivity contribution is -0.0252. The van der Waals surface area contributed by atoms with Gasteiger partial charge < -0.3 is 10.0 Å². The molecule has 1 aliphatic heterocycles. The average molecular weight is 233 g/mol. The Balaban J connectivity index is 2.24. The van der Waals surface area contributed by atoms with E-state index in [-0.39, 0.29) is 0 Å². The first kappa shape index (κ1) is 12.6. The predicted molar refractivity (Wildman–Crippen MR) is 71.2 cm³/mol. The molecule has 2 rings (SSSR count). The second kappa shape index (κ2) is 4.79. The van der Waals surface area contributed by atoms with Crippen LogP contribution in [0.1, 0.15) is 36.5 Å². The first-order chi connectivity index (χ1) is 8.07. The first-order valence-electron chi connectivity index (χ1n) is 6.58. The molecule has 1 aliphatic rings. The standard InChI is InChI=1S/C15H23NO/c1-4-16-10-8-15(17,9-11-16)14-7-5-6-12(2)13(14)3/h5-7,17H,4,8-11H2,1-3H3. The maximum Gasteiger partial charge on any atom is 0.0923 e. The summed E-state index contributed by atoms with van der Waals surface area (Å²) >= 11 is 0. The van der Waals surface area contributed by atoms with Crippen LogP contribution >= 0.6 is 0 Å². The second-order valence-corrected chi connectivity index (χ2v) is 5.21. The van der Waals surface area contributed by atoms with Gasteiger partial charge in [0, 0.05) is 13.1 Å². The van der Waals surface area contributed by atoms with Gasteiger partial charge in [-0.25, -0.2) is 0 Å². The minimum Gasteiger partial charge on any atom is -0.385 e. The molecule has 1 heterocycles. The molecule has 0 amide bonds. The average Bonchev–Trinajstić information content (AvgIpc) is 2.33. The Morgan fingerprint density at radius 2 is 1.88 bits per heavy atom. The van der Waals surface area contributed by atoms with Crippen molar-refractivity contribution in [1.29, 1.82) is 0 Å². The molecule has 1 N–H and O–H groups in total. The van der Waals surface area contributed by atoms with Gasteiger partial charge in [0.1, 0.15) is 0 Å². The van der Waals surface area contributed by atoms with Crippen molar-refractivity contribution in [1.82, 2.24) is 4.90 Å². The molecule has 2 nitrogen and oxygen atoms in total. The summed E-state index contributed by atoms with van der Waals surface area (Å²) in [5.74, 6) is 0. The van der Waals surface area contributed by atoms with E-state index in [1.165, 1.54) is 11.1 Å². The molecule has 1 saturated heterocycles. The molecule has 0 bridgehead atoms. The van der Waals surface area contributed by atoms with Gasteiger partial charge >= 0.3 is 0 Å². The summed E-state index contributed by atoms with van der Waals surface area (Å²) in [5.41, 5.74) is 3.05. The lowest BCUT2D eigenvalue weighted by Crippen LogP contribution is -2.42. The highest BCUT2D eigenvalue weighted by Gasteiger charge is 2.34. The maximum absolute atomic E-state index is 10.8. The van der Waals surface area contributed by atoms with Crippen LogP contribution in [-0.4, -0.2) is 29.6 Å². The summed E-state index contributed by atoms with van der Waals surface area (Å²) in [6.07, 6.45) is 1.70. The fourth-order valence-corrected chi connectivity index (χ4v) is 2.76. The van der Waals surface area contributed by atoms with Crippen LogP contribution in [0, 0.1) is 13.8 Å². The Morgan fingerprint density at radius 1 is 1.24 bits per heavy atom. The van der Waals surface area contributed by atoms with Gasteiger partial charge in [0.05, 0.1) is 5.60 Å². The summed E-state index contributed by atoms with van der Waals surface area (Å²) in [7, 11) is 0. The highest BCUT2D eigenvalue weighted by Crippen LogP contribution is 2.35. The Bertz CT molecular complexity index is 392. The van der Waals surface area contributed by atoms with E-state index in [1.807, 2.05) is 0 Å². The van der Waals surface area contributed by atoms with Gasteiger partial charge in [-0.05, 0) is 49.9 Å². The van der Waals surface area contributed by atoms with Crippen LogP contribution in [0.3, 0.4) is 0 Å². The van der Waals surface area contributed by atoms with Crippen LogP contribution in [-0.2, 0) is 5.60 Å². The molecule has 0 saturated carbocycles. The van der Waals surface area contributed by atoms with Crippen LogP contribution in [0.15, 0.2) is 18.2 Å². The molecule has 0 aliphatic carbocycles. The van der Waals surface area contributed by atoms with Crippen molar-refractivity contribution in [2.24, 2.45) is 0 Å². The fraction of sp³-hybridized carbons (Fsp3) is 0.600. The van der Waals surface area contributed by atoms with E-state index in [4.69, 9.17) is 0 Å². The van der Waals surface area contributed by atoms with E-state index in [0.29, 0.717) is 0 Å². The van der Waals surface area contributed by atoms with Gasteiger partial charge in [-0.3, -0.25) is 0 Å². The van der Waals surface area contributed by atoms with E-state index >= 15 is 0 Å². The molecule has 0 spiro atoms. The number of hydrogen-bond donors (Lipinski definition) is 1. The molecular formula is C15H23NO. The highest BCUT2D eigenvalue weighted by molar-refractivity contribution is 5.37. The number of hydrogen-bond acceptors (Lipinski definition) is 2. The minimum absolute atomic E-state index is 0.609. The largest absolute Gasteiger partial charge is 0.385 e. The molecule has 17 heavy (non-hydrogen) atoms. The third kappa shape index (κ3) is 2.38. The number of nitrogens with zero attached hydrogens (tertiary/aromatic N) is 1. The molecule has 0 unspecified atom stereocenters. The maximum atomic E-state index is 10.8. The number of piperidine rings is 1. The third-order valence-electron chi connectivity index (χ3n) is 4.24. The highest BCUT2D eigenvalue weighted by atomic mass is 16.3. The zero-order chi connectivity index (χ0) is 12.5. The van der Waals surface area contributed by atoms with Crippen LogP contribution in [0.5, 0.6) is 0 Å². The monoisotopic (exact) mass is 233 g/mol. The summed E-state index contributed by atoms with van der Waals surface area (Å²) in [6, 6.07) is 6.26. The van der Waals surface area contributed by atoms with Crippen LogP contribution in [0.25, 0.3) is 0 Å². The number of benzene rings is 1. The SMILES string of the molecule is CCN1CCC(O)(c2cccc(C)c2C)CC1. The lowest BCUT2D eigenvalue weighted by Gasteiger charge is -2.39. The first-order valence-corrected chi connectivity index (χ1v) is 6.58. The Labute approximate surface area is 104 Å². The molecule has 94 valence electrons. The van der Waals surface area contributed by atoms with E-state index < -0.39 is 5.60 Å². The number of likely N-dealkylation sites (tertiary alicyclic amines) is 1. The van der Waals surface area contributed by atoms with Crippen molar-refractivity contribution in [3.8, 4) is 0 Å². The molecule has 1 aromatic rings. The predicted octanol–water partition coefficient (Wildman–Crippen LogP) is 2.61. The molecule has 0 atom stereocenters. The number of aliphatic hydroxyl groups is 1. The quantitative estimate of drug-likeness (QED) is 0.848. The van der Waals surface area contributed by atoms with Crippen molar-refractivity contribution in [3.63, 3.8) is 0 Å². The summed E-state index contributed by atoms with van der Waals surface area (Å²) in [6.45, 7) is 9.50. The molecule has 1 aromatic carbocycles. The van der Waals surface area contributed by atoms with Crippen molar-refractivity contribution >= 4 is 0 Å². The van der Waals surface area contributed by atoms with E-state index in [2.05, 4.69) is 43.9 Å². The van der Waals surface area contributed by atoms with E-state index in [0.717, 1.165) is 38.0 Å². The molecular weight excluding hydrogens is 210 g/mol. The van der Waals surface area contributed by atoms with Gasteiger partial charge in [-0.1, -0.05) is 25.1 Å². The molecule has 2 heteroatoms. The smallest absolute Gasteiger partial charge is 0.0923 e.